The van der Waals surface area contributed by atoms with E-state index in [0.717, 1.165) is 12.1 Å². The first kappa shape index (κ1) is 9.60. The minimum absolute atomic E-state index is 0.0494. The van der Waals surface area contributed by atoms with Crippen molar-refractivity contribution in [2.24, 2.45) is 0 Å². The maximum Gasteiger partial charge on any atom is 0.270 e. The van der Waals surface area contributed by atoms with Crippen LogP contribution in [0, 0.1) is 22.9 Å². The summed E-state index contributed by atoms with van der Waals surface area (Å²) in [5.74, 6) is -0.590. The van der Waals surface area contributed by atoms with E-state index in [4.69, 9.17) is 5.11 Å². The fourth-order valence-corrected chi connectivity index (χ4v) is 1.04. The smallest absolute Gasteiger partial charge is 0.270 e. The van der Waals surface area contributed by atoms with Gasteiger partial charge in [0.05, 0.1) is 11.5 Å². The van der Waals surface area contributed by atoms with E-state index < -0.39 is 17.3 Å². The lowest BCUT2D eigenvalue weighted by Crippen LogP contribution is -1.97. The molecule has 0 aliphatic carbocycles. The number of halogens is 1. The van der Waals surface area contributed by atoms with Crippen LogP contribution in [0.1, 0.15) is 11.1 Å². The van der Waals surface area contributed by atoms with E-state index in [0.29, 0.717) is 0 Å². The molecule has 0 atom stereocenters. The van der Waals surface area contributed by atoms with Gasteiger partial charge in [-0.3, -0.25) is 10.1 Å². The summed E-state index contributed by atoms with van der Waals surface area (Å²) in [6.07, 6.45) is 0. The molecule has 5 heteroatoms. The average Bonchev–Trinajstić information content (AvgIpc) is 2.09. The van der Waals surface area contributed by atoms with Crippen LogP contribution in [0.2, 0.25) is 0 Å². The molecule has 0 saturated carbocycles. The third kappa shape index (κ3) is 1.81. The molecule has 1 N–H and O–H groups in total. The standard InChI is InChI=1S/C8H8FNO3/c1-5-2-7(10(12)13)3-6(4-11)8(5)9/h2-3,11H,4H2,1H3. The molecule has 1 rings (SSSR count). The van der Waals surface area contributed by atoms with Crippen molar-refractivity contribution in [1.82, 2.24) is 0 Å². The number of aryl methyl sites for hydroxylation is 1. The Balaban J connectivity index is 3.30. The highest BCUT2D eigenvalue weighted by molar-refractivity contribution is 5.39. The predicted octanol–water partition coefficient (Wildman–Crippen LogP) is 1.53. The number of nitro groups is 1. The summed E-state index contributed by atoms with van der Waals surface area (Å²) < 4.78 is 13.1. The Labute approximate surface area is 73.8 Å². The topological polar surface area (TPSA) is 63.4 Å². The van der Waals surface area contributed by atoms with Crippen LogP contribution in [0.3, 0.4) is 0 Å². The van der Waals surface area contributed by atoms with Gasteiger partial charge in [-0.05, 0) is 12.5 Å². The van der Waals surface area contributed by atoms with E-state index in [1.54, 1.807) is 0 Å². The SMILES string of the molecule is Cc1cc([N+](=O)[O-])cc(CO)c1F. The van der Waals surface area contributed by atoms with Crippen molar-refractivity contribution in [3.63, 3.8) is 0 Å². The zero-order valence-electron chi connectivity index (χ0n) is 6.95. The largest absolute Gasteiger partial charge is 0.392 e. The van der Waals surface area contributed by atoms with Gasteiger partial charge in [-0.2, -0.15) is 0 Å². The molecule has 0 radical (unpaired) electrons. The normalized spacial score (nSPS) is 10.1. The van der Waals surface area contributed by atoms with Gasteiger partial charge in [-0.25, -0.2) is 4.39 Å². The van der Waals surface area contributed by atoms with Gasteiger partial charge in [0.2, 0.25) is 0 Å². The van der Waals surface area contributed by atoms with Gasteiger partial charge in [-0.15, -0.1) is 0 Å². The number of nitrogens with zero attached hydrogens (tertiary/aromatic N) is 1. The number of aliphatic hydroxyl groups excluding tert-OH is 1. The highest BCUT2D eigenvalue weighted by Gasteiger charge is 2.13. The zero-order valence-corrected chi connectivity index (χ0v) is 6.95. The molecule has 0 aliphatic heterocycles. The van der Waals surface area contributed by atoms with E-state index in [-0.39, 0.29) is 16.8 Å². The maximum absolute atomic E-state index is 13.1. The number of non-ortho nitro benzene ring substituents is 1. The minimum atomic E-state index is -0.619. The fraction of sp³-hybridized carbons (Fsp3) is 0.250. The Hall–Kier alpha value is -1.49. The van der Waals surface area contributed by atoms with Crippen molar-refractivity contribution in [3.05, 3.63) is 39.2 Å². The maximum atomic E-state index is 13.1. The van der Waals surface area contributed by atoms with Crippen LogP contribution >= 0.6 is 0 Å². The molecule has 1 aromatic carbocycles. The van der Waals surface area contributed by atoms with Crippen molar-refractivity contribution in [2.75, 3.05) is 0 Å². The lowest BCUT2D eigenvalue weighted by Gasteiger charge is -2.01. The predicted molar refractivity (Wildman–Crippen MR) is 43.7 cm³/mol. The second-order valence-electron chi connectivity index (χ2n) is 2.65. The molecule has 0 bridgehead atoms. The molecular formula is C8H8FNO3. The quantitative estimate of drug-likeness (QED) is 0.561. The monoisotopic (exact) mass is 185 g/mol. The number of hydrogen-bond acceptors (Lipinski definition) is 3. The Bertz CT molecular complexity index is 351. The summed E-state index contributed by atoms with van der Waals surface area (Å²) in [7, 11) is 0. The highest BCUT2D eigenvalue weighted by atomic mass is 19.1. The summed E-state index contributed by atoms with van der Waals surface area (Å²) in [4.78, 5) is 9.71. The molecule has 0 fully saturated rings. The third-order valence-electron chi connectivity index (χ3n) is 1.70. The van der Waals surface area contributed by atoms with E-state index in [9.17, 15) is 14.5 Å². The van der Waals surface area contributed by atoms with Gasteiger partial charge >= 0.3 is 0 Å². The lowest BCUT2D eigenvalue weighted by atomic mass is 10.1. The number of nitro benzene ring substituents is 1. The Morgan fingerprint density at radius 2 is 2.23 bits per heavy atom. The molecule has 1 aromatic rings. The second kappa shape index (κ2) is 3.49. The van der Waals surface area contributed by atoms with Gasteiger partial charge < -0.3 is 5.11 Å². The first-order valence-corrected chi connectivity index (χ1v) is 3.60. The number of hydrogen-bond donors (Lipinski definition) is 1. The number of aliphatic hydroxyl groups is 1. The molecular weight excluding hydrogens is 177 g/mol. The van der Waals surface area contributed by atoms with E-state index in [1.165, 1.54) is 6.92 Å². The summed E-state index contributed by atoms with van der Waals surface area (Å²) >= 11 is 0. The van der Waals surface area contributed by atoms with Crippen molar-refractivity contribution < 1.29 is 14.4 Å². The molecule has 0 amide bonds. The van der Waals surface area contributed by atoms with Crippen LogP contribution in [0.15, 0.2) is 12.1 Å². The summed E-state index contributed by atoms with van der Waals surface area (Å²) in [6, 6.07) is 2.16. The van der Waals surface area contributed by atoms with Gasteiger partial charge in [0, 0.05) is 17.7 Å². The third-order valence-corrected chi connectivity index (χ3v) is 1.70. The summed E-state index contributed by atoms with van der Waals surface area (Å²) in [6.45, 7) is 0.885. The Morgan fingerprint density at radius 3 is 2.69 bits per heavy atom. The van der Waals surface area contributed by atoms with Crippen LogP contribution in [0.25, 0.3) is 0 Å². The number of rotatable bonds is 2. The Kier molecular flexibility index (Phi) is 2.57. The van der Waals surface area contributed by atoms with Crippen molar-refractivity contribution in [1.29, 1.82) is 0 Å². The van der Waals surface area contributed by atoms with Crippen LogP contribution in [0.5, 0.6) is 0 Å². The molecule has 0 spiro atoms. The zero-order chi connectivity index (χ0) is 10.0. The van der Waals surface area contributed by atoms with Crippen LogP contribution < -0.4 is 0 Å². The van der Waals surface area contributed by atoms with Crippen LogP contribution in [0.4, 0.5) is 10.1 Å². The molecule has 0 aliphatic rings. The van der Waals surface area contributed by atoms with E-state index in [1.807, 2.05) is 0 Å². The fourth-order valence-electron chi connectivity index (χ4n) is 1.04. The van der Waals surface area contributed by atoms with Gasteiger partial charge in [0.25, 0.3) is 5.69 Å². The molecule has 70 valence electrons. The first-order valence-electron chi connectivity index (χ1n) is 3.60. The van der Waals surface area contributed by atoms with E-state index in [2.05, 4.69) is 0 Å². The molecule has 13 heavy (non-hydrogen) atoms. The molecule has 0 unspecified atom stereocenters. The van der Waals surface area contributed by atoms with Gasteiger partial charge in [0.15, 0.2) is 0 Å². The molecule has 0 aromatic heterocycles. The van der Waals surface area contributed by atoms with Crippen molar-refractivity contribution in [2.45, 2.75) is 13.5 Å². The average molecular weight is 185 g/mol. The van der Waals surface area contributed by atoms with Crippen molar-refractivity contribution >= 4 is 5.69 Å². The molecule has 0 heterocycles. The van der Waals surface area contributed by atoms with E-state index >= 15 is 0 Å². The molecule has 0 saturated heterocycles. The van der Waals surface area contributed by atoms with Crippen LogP contribution in [-0.2, 0) is 6.61 Å². The van der Waals surface area contributed by atoms with Crippen LogP contribution in [-0.4, -0.2) is 10.0 Å². The summed E-state index contributed by atoms with van der Waals surface area (Å²) in [5, 5.41) is 19.0. The minimum Gasteiger partial charge on any atom is -0.392 e. The Morgan fingerprint density at radius 1 is 1.62 bits per heavy atom. The van der Waals surface area contributed by atoms with Gasteiger partial charge in [0.1, 0.15) is 5.82 Å². The second-order valence-corrected chi connectivity index (χ2v) is 2.65. The lowest BCUT2D eigenvalue weighted by molar-refractivity contribution is -0.385. The number of benzene rings is 1. The summed E-state index contributed by atoms with van der Waals surface area (Å²) in [5.41, 5.74) is -0.0899. The highest BCUT2D eigenvalue weighted by Crippen LogP contribution is 2.20. The van der Waals surface area contributed by atoms with Gasteiger partial charge in [-0.1, -0.05) is 0 Å². The first-order chi connectivity index (χ1) is 6.06. The van der Waals surface area contributed by atoms with Crippen molar-refractivity contribution in [3.8, 4) is 0 Å². The molecule has 4 nitrogen and oxygen atoms in total.